The molecular weight excluding hydrogens is 191 g/mol. The van der Waals surface area contributed by atoms with Crippen LogP contribution < -0.4 is 29.6 Å². The molecule has 0 bridgehead atoms. The molecule has 44 valence electrons. The first-order valence-electron chi connectivity index (χ1n) is 2.02. The van der Waals surface area contributed by atoms with Crippen molar-refractivity contribution in [2.75, 3.05) is 0 Å². The molecule has 0 fully saturated rings. The van der Waals surface area contributed by atoms with E-state index in [4.69, 9.17) is 0 Å². The maximum Gasteiger partial charge on any atom is 1.00 e. The smallest absolute Gasteiger partial charge is 0.870 e. The van der Waals surface area contributed by atoms with Crippen LogP contribution in [0.3, 0.4) is 0 Å². The van der Waals surface area contributed by atoms with Crippen molar-refractivity contribution in [3.63, 3.8) is 0 Å². The standard InChI is InChI=1S/C6H4Br.Na.H2O/c7-6-4-2-1-3-5-6;;/h1-4H;;1H2/q-1;+1;/p-1. The predicted octanol–water partition coefficient (Wildman–Crippen LogP) is -0.924. The summed E-state index contributed by atoms with van der Waals surface area (Å²) in [5.74, 6) is 0. The second-order valence-corrected chi connectivity index (χ2v) is 2.06. The molecule has 1 aromatic carbocycles. The molecule has 0 heterocycles. The van der Waals surface area contributed by atoms with Crippen molar-refractivity contribution in [3.05, 3.63) is 34.8 Å². The van der Waals surface area contributed by atoms with E-state index < -0.39 is 0 Å². The van der Waals surface area contributed by atoms with E-state index in [1.165, 1.54) is 0 Å². The third kappa shape index (κ3) is 5.12. The van der Waals surface area contributed by atoms with Crippen molar-refractivity contribution >= 4 is 15.9 Å². The first kappa shape index (κ1) is 12.3. The van der Waals surface area contributed by atoms with E-state index in [1.807, 2.05) is 24.3 Å². The summed E-state index contributed by atoms with van der Waals surface area (Å²) in [5.41, 5.74) is 0. The molecule has 0 spiro atoms. The summed E-state index contributed by atoms with van der Waals surface area (Å²) in [7, 11) is 0. The van der Waals surface area contributed by atoms with Crippen LogP contribution in [-0.2, 0) is 0 Å². The quantitative estimate of drug-likeness (QED) is 0.389. The van der Waals surface area contributed by atoms with Crippen molar-refractivity contribution in [2.24, 2.45) is 0 Å². The number of hydrogen-bond donors (Lipinski definition) is 0. The minimum Gasteiger partial charge on any atom is -0.870 e. The second-order valence-electron chi connectivity index (χ2n) is 1.21. The van der Waals surface area contributed by atoms with Crippen molar-refractivity contribution in [1.82, 2.24) is 0 Å². The first-order chi connectivity index (χ1) is 3.39. The average molecular weight is 196 g/mol. The van der Waals surface area contributed by atoms with Gasteiger partial charge in [0.1, 0.15) is 0 Å². The van der Waals surface area contributed by atoms with Crippen LogP contribution in [0.15, 0.2) is 28.7 Å². The van der Waals surface area contributed by atoms with Gasteiger partial charge in [0, 0.05) is 0 Å². The Hall–Kier alpha value is 0.660. The van der Waals surface area contributed by atoms with Gasteiger partial charge in [0.05, 0.1) is 0 Å². The van der Waals surface area contributed by atoms with Gasteiger partial charge in [-0.15, -0.1) is 0 Å². The fourth-order valence-corrected chi connectivity index (χ4v) is 0.656. The minimum absolute atomic E-state index is 0. The Morgan fingerprint density at radius 3 is 2.22 bits per heavy atom. The summed E-state index contributed by atoms with van der Waals surface area (Å²) in [6, 6.07) is 10.7. The fourth-order valence-electron chi connectivity index (χ4n) is 0.371. The first-order valence-corrected chi connectivity index (χ1v) is 2.81. The molecule has 0 atom stereocenters. The summed E-state index contributed by atoms with van der Waals surface area (Å²) in [4.78, 5) is 0. The summed E-state index contributed by atoms with van der Waals surface area (Å²) >= 11 is 3.26. The summed E-state index contributed by atoms with van der Waals surface area (Å²) in [6.45, 7) is 0. The van der Waals surface area contributed by atoms with Gasteiger partial charge in [-0.25, -0.2) is 0 Å². The van der Waals surface area contributed by atoms with Crippen LogP contribution >= 0.6 is 15.9 Å². The van der Waals surface area contributed by atoms with Gasteiger partial charge in [0.25, 0.3) is 0 Å². The molecule has 1 rings (SSSR count). The third-order valence-electron chi connectivity index (χ3n) is 0.671. The maximum absolute atomic E-state index is 3.26. The monoisotopic (exact) mass is 195 g/mol. The molecule has 9 heavy (non-hydrogen) atoms. The Balaban J connectivity index is 0. The van der Waals surface area contributed by atoms with Gasteiger partial charge in [-0.2, -0.15) is 30.3 Å². The Labute approximate surface area is 85.2 Å². The Bertz CT molecular complexity index is 143. The average Bonchev–Trinajstić information content (AvgIpc) is 1.69. The van der Waals surface area contributed by atoms with E-state index in [0.29, 0.717) is 0 Å². The number of halogens is 1. The van der Waals surface area contributed by atoms with E-state index in [9.17, 15) is 0 Å². The van der Waals surface area contributed by atoms with E-state index in [0.717, 1.165) is 4.47 Å². The predicted molar refractivity (Wildman–Crippen MR) is 34.9 cm³/mol. The van der Waals surface area contributed by atoms with Crippen LogP contribution in [0.1, 0.15) is 0 Å². The van der Waals surface area contributed by atoms with Gasteiger partial charge < -0.3 is 5.48 Å². The van der Waals surface area contributed by atoms with Gasteiger partial charge in [0.2, 0.25) is 0 Å². The van der Waals surface area contributed by atoms with Crippen LogP contribution in [0.5, 0.6) is 0 Å². The number of benzene rings is 1. The molecule has 0 amide bonds. The van der Waals surface area contributed by atoms with Gasteiger partial charge in [-0.3, -0.25) is 0 Å². The van der Waals surface area contributed by atoms with E-state index in [-0.39, 0.29) is 35.0 Å². The molecule has 0 radical (unpaired) electrons. The topological polar surface area (TPSA) is 30.0 Å². The number of hydrogen-bond acceptors (Lipinski definition) is 1. The van der Waals surface area contributed by atoms with Crippen molar-refractivity contribution < 1.29 is 35.0 Å². The van der Waals surface area contributed by atoms with Crippen LogP contribution in [0.4, 0.5) is 0 Å². The van der Waals surface area contributed by atoms with Crippen LogP contribution in [0, 0.1) is 6.07 Å². The van der Waals surface area contributed by atoms with E-state index in [2.05, 4.69) is 22.0 Å². The summed E-state index contributed by atoms with van der Waals surface area (Å²) in [6.07, 6.45) is 0. The van der Waals surface area contributed by atoms with E-state index in [1.54, 1.807) is 0 Å². The zero-order chi connectivity index (χ0) is 5.11. The normalized spacial score (nSPS) is 6.78. The van der Waals surface area contributed by atoms with Gasteiger partial charge in [0.15, 0.2) is 0 Å². The molecule has 1 N–H and O–H groups in total. The van der Waals surface area contributed by atoms with Crippen LogP contribution in [0.2, 0.25) is 0 Å². The van der Waals surface area contributed by atoms with E-state index >= 15 is 0 Å². The van der Waals surface area contributed by atoms with Crippen LogP contribution in [0.25, 0.3) is 0 Å². The third-order valence-corrected chi connectivity index (χ3v) is 1.16. The summed E-state index contributed by atoms with van der Waals surface area (Å²) < 4.78 is 1.01. The largest absolute Gasteiger partial charge is 1.00 e. The van der Waals surface area contributed by atoms with Crippen LogP contribution in [-0.4, -0.2) is 5.48 Å². The molecule has 1 aromatic rings. The zero-order valence-corrected chi connectivity index (χ0v) is 8.72. The maximum atomic E-state index is 3.26. The molecule has 0 aromatic heterocycles. The molecule has 1 nitrogen and oxygen atoms in total. The Kier molecular flexibility index (Phi) is 9.30. The second kappa shape index (κ2) is 6.78. The molecule has 0 aliphatic rings. The molecule has 0 saturated heterocycles. The minimum atomic E-state index is 0. The molecule has 0 saturated carbocycles. The molecule has 3 heteroatoms. The molecule has 0 aliphatic carbocycles. The fraction of sp³-hybridized carbons (Fsp3) is 0. The number of rotatable bonds is 0. The zero-order valence-electron chi connectivity index (χ0n) is 5.13. The van der Waals surface area contributed by atoms with Crippen molar-refractivity contribution in [1.29, 1.82) is 0 Å². The molecule has 0 aliphatic heterocycles. The Morgan fingerprint density at radius 2 is 2.00 bits per heavy atom. The molecular formula is C6H5BrNaO-. The SMILES string of the molecule is Brc1[c-]cccc1.[Na+].[OH-]. The van der Waals surface area contributed by atoms with Crippen molar-refractivity contribution in [2.45, 2.75) is 0 Å². The van der Waals surface area contributed by atoms with Crippen molar-refractivity contribution in [3.8, 4) is 0 Å². The van der Waals surface area contributed by atoms with Gasteiger partial charge >= 0.3 is 29.6 Å². The van der Waals surface area contributed by atoms with Gasteiger partial charge in [-0.05, 0) is 0 Å². The molecule has 0 unspecified atom stereocenters. The summed E-state index contributed by atoms with van der Waals surface area (Å²) in [5, 5.41) is 0. The van der Waals surface area contributed by atoms with Gasteiger partial charge in [-0.1, -0.05) is 20.4 Å². The Morgan fingerprint density at radius 1 is 1.33 bits per heavy atom.